The summed E-state index contributed by atoms with van der Waals surface area (Å²) in [6.45, 7) is 7.07. The zero-order valence-electron chi connectivity index (χ0n) is 23.1. The van der Waals surface area contributed by atoms with Gasteiger partial charge in [-0.25, -0.2) is 8.42 Å². The van der Waals surface area contributed by atoms with Crippen LogP contribution in [0.1, 0.15) is 44.7 Å². The molecule has 0 saturated carbocycles. The van der Waals surface area contributed by atoms with E-state index in [1.807, 2.05) is 20.8 Å². The Morgan fingerprint density at radius 2 is 1.45 bits per heavy atom. The molecule has 10 heteroatoms. The quantitative estimate of drug-likeness (QED) is 0.266. The molecule has 0 heterocycles. The lowest BCUT2D eigenvalue weighted by molar-refractivity contribution is -0.140. The minimum absolute atomic E-state index is 0.00115. The molecule has 7 nitrogen and oxygen atoms in total. The van der Waals surface area contributed by atoms with E-state index >= 15 is 0 Å². The SMILES string of the molecule is CC[C@H](C(=O)N[C@@H](C)CC)N(Cc1ccc(Cl)cc1)C(=O)CN(c1ccccc1C)S(=O)(=O)c1ccc(Cl)cc1. The molecule has 3 rings (SSSR count). The van der Waals surface area contributed by atoms with Crippen molar-refractivity contribution in [1.82, 2.24) is 10.2 Å². The van der Waals surface area contributed by atoms with Crippen molar-refractivity contribution in [3.05, 3.63) is 94.0 Å². The van der Waals surface area contributed by atoms with Crippen LogP contribution in [0.15, 0.2) is 77.7 Å². The third-order valence-electron chi connectivity index (χ3n) is 6.72. The number of hydrogen-bond acceptors (Lipinski definition) is 4. The molecule has 0 radical (unpaired) electrons. The van der Waals surface area contributed by atoms with Crippen molar-refractivity contribution in [1.29, 1.82) is 0 Å². The topological polar surface area (TPSA) is 86.8 Å². The van der Waals surface area contributed by atoms with Crippen molar-refractivity contribution in [2.24, 2.45) is 0 Å². The molecule has 2 amide bonds. The van der Waals surface area contributed by atoms with Crippen LogP contribution in [0, 0.1) is 6.92 Å². The number of nitrogens with one attached hydrogen (secondary N) is 1. The third kappa shape index (κ3) is 7.77. The second kappa shape index (κ2) is 14.0. The van der Waals surface area contributed by atoms with Crippen molar-refractivity contribution in [3.63, 3.8) is 0 Å². The molecular weight excluding hydrogens is 569 g/mol. The molecule has 1 N–H and O–H groups in total. The van der Waals surface area contributed by atoms with Gasteiger partial charge in [0.2, 0.25) is 11.8 Å². The van der Waals surface area contributed by atoms with Crippen LogP contribution < -0.4 is 9.62 Å². The van der Waals surface area contributed by atoms with E-state index in [0.717, 1.165) is 16.3 Å². The zero-order valence-corrected chi connectivity index (χ0v) is 25.4. The van der Waals surface area contributed by atoms with E-state index in [1.54, 1.807) is 55.5 Å². The van der Waals surface area contributed by atoms with Crippen molar-refractivity contribution < 1.29 is 18.0 Å². The first kappa shape index (κ1) is 31.5. The van der Waals surface area contributed by atoms with Gasteiger partial charge in [-0.15, -0.1) is 0 Å². The molecule has 40 heavy (non-hydrogen) atoms. The molecule has 0 aromatic heterocycles. The van der Waals surface area contributed by atoms with Gasteiger partial charge in [0.1, 0.15) is 12.6 Å². The van der Waals surface area contributed by atoms with Gasteiger partial charge >= 0.3 is 0 Å². The molecule has 214 valence electrons. The second-order valence-electron chi connectivity index (χ2n) is 9.64. The number of anilines is 1. The largest absolute Gasteiger partial charge is 0.352 e. The maximum atomic E-state index is 14.1. The second-order valence-corrected chi connectivity index (χ2v) is 12.4. The Labute approximate surface area is 247 Å². The van der Waals surface area contributed by atoms with Gasteiger partial charge in [-0.1, -0.05) is 67.4 Å². The van der Waals surface area contributed by atoms with Crippen molar-refractivity contribution in [2.75, 3.05) is 10.8 Å². The van der Waals surface area contributed by atoms with Crippen LogP contribution in [0.5, 0.6) is 0 Å². The van der Waals surface area contributed by atoms with E-state index in [9.17, 15) is 18.0 Å². The van der Waals surface area contributed by atoms with Gasteiger partial charge < -0.3 is 10.2 Å². The van der Waals surface area contributed by atoms with Crippen molar-refractivity contribution in [3.8, 4) is 0 Å². The summed E-state index contributed by atoms with van der Waals surface area (Å²) >= 11 is 12.1. The highest BCUT2D eigenvalue weighted by molar-refractivity contribution is 7.92. The highest BCUT2D eigenvalue weighted by Gasteiger charge is 2.34. The van der Waals surface area contributed by atoms with Gasteiger partial charge in [-0.05, 0) is 80.3 Å². The molecule has 0 bridgehead atoms. The summed E-state index contributed by atoms with van der Waals surface area (Å²) < 4.78 is 29.0. The maximum Gasteiger partial charge on any atom is 0.264 e. The van der Waals surface area contributed by atoms with Crippen LogP contribution in [0.25, 0.3) is 0 Å². The first-order chi connectivity index (χ1) is 19.0. The molecule has 3 aromatic rings. The fraction of sp³-hybridized carbons (Fsp3) is 0.333. The lowest BCUT2D eigenvalue weighted by Gasteiger charge is -2.34. The third-order valence-corrected chi connectivity index (χ3v) is 9.00. The Balaban J connectivity index is 2.06. The summed E-state index contributed by atoms with van der Waals surface area (Å²) in [4.78, 5) is 28.9. The van der Waals surface area contributed by atoms with E-state index in [4.69, 9.17) is 23.2 Å². The Morgan fingerprint density at radius 1 is 0.875 bits per heavy atom. The van der Waals surface area contributed by atoms with Crippen molar-refractivity contribution >= 4 is 50.7 Å². The van der Waals surface area contributed by atoms with Crippen LogP contribution in [0.4, 0.5) is 5.69 Å². The smallest absolute Gasteiger partial charge is 0.264 e. The van der Waals surface area contributed by atoms with E-state index < -0.39 is 28.5 Å². The molecule has 0 aliphatic carbocycles. The average Bonchev–Trinajstić information content (AvgIpc) is 2.93. The first-order valence-corrected chi connectivity index (χ1v) is 15.4. The summed E-state index contributed by atoms with van der Waals surface area (Å²) in [6.07, 6.45) is 1.07. The summed E-state index contributed by atoms with van der Waals surface area (Å²) in [5.41, 5.74) is 1.81. The van der Waals surface area contributed by atoms with Gasteiger partial charge in [-0.2, -0.15) is 0 Å². The van der Waals surface area contributed by atoms with Crippen LogP contribution in [0.3, 0.4) is 0 Å². The van der Waals surface area contributed by atoms with Crippen molar-refractivity contribution in [2.45, 2.75) is 64.1 Å². The van der Waals surface area contributed by atoms with E-state index in [2.05, 4.69) is 5.32 Å². The fourth-order valence-electron chi connectivity index (χ4n) is 4.24. The van der Waals surface area contributed by atoms with Crippen LogP contribution in [-0.4, -0.2) is 43.8 Å². The number of nitrogens with zero attached hydrogens (tertiary/aromatic N) is 2. The zero-order chi connectivity index (χ0) is 29.4. The van der Waals surface area contributed by atoms with Gasteiger partial charge in [0.15, 0.2) is 0 Å². The number of aryl methyl sites for hydroxylation is 1. The molecule has 2 atom stereocenters. The standard InChI is InChI=1S/C30H35Cl2N3O4S/c1-5-22(4)33-30(37)27(6-2)34(19-23-11-13-24(31)14-12-23)29(36)20-35(28-10-8-7-9-21(28)3)40(38,39)26-17-15-25(32)16-18-26/h7-18,22,27H,5-6,19-20H2,1-4H3,(H,33,37)/t22-,27+/m0/s1. The Hall–Kier alpha value is -3.07. The lowest BCUT2D eigenvalue weighted by Crippen LogP contribution is -2.53. The Morgan fingerprint density at radius 3 is 2.00 bits per heavy atom. The van der Waals surface area contributed by atoms with E-state index in [1.165, 1.54) is 29.2 Å². The monoisotopic (exact) mass is 603 g/mol. The molecule has 0 spiro atoms. The molecule has 0 aliphatic rings. The number of halogens is 2. The molecule has 0 fully saturated rings. The molecule has 0 saturated heterocycles. The maximum absolute atomic E-state index is 14.1. The minimum Gasteiger partial charge on any atom is -0.352 e. The highest BCUT2D eigenvalue weighted by Crippen LogP contribution is 2.28. The number of sulfonamides is 1. The Kier molecular flexibility index (Phi) is 11.0. The first-order valence-electron chi connectivity index (χ1n) is 13.2. The number of rotatable bonds is 12. The molecule has 0 unspecified atom stereocenters. The van der Waals surface area contributed by atoms with Crippen LogP contribution >= 0.6 is 23.2 Å². The van der Waals surface area contributed by atoms with Crippen LogP contribution in [0.2, 0.25) is 10.0 Å². The lowest BCUT2D eigenvalue weighted by atomic mass is 10.1. The number of para-hydroxylation sites is 1. The van der Waals surface area contributed by atoms with E-state index in [0.29, 0.717) is 27.7 Å². The summed E-state index contributed by atoms with van der Waals surface area (Å²) in [5.74, 6) is -0.802. The van der Waals surface area contributed by atoms with E-state index in [-0.39, 0.29) is 23.4 Å². The number of hydrogen-bond donors (Lipinski definition) is 1. The summed E-state index contributed by atoms with van der Waals surface area (Å²) in [7, 11) is -4.17. The Bertz CT molecular complexity index is 1410. The number of benzene rings is 3. The predicted octanol–water partition coefficient (Wildman–Crippen LogP) is 6.22. The molecular formula is C30H35Cl2N3O4S. The van der Waals surface area contributed by atoms with Crippen LogP contribution in [-0.2, 0) is 26.2 Å². The van der Waals surface area contributed by atoms with Gasteiger partial charge in [0.25, 0.3) is 10.0 Å². The normalized spacial score (nSPS) is 12.8. The highest BCUT2D eigenvalue weighted by atomic mass is 35.5. The van der Waals surface area contributed by atoms with Gasteiger partial charge in [0, 0.05) is 22.6 Å². The predicted molar refractivity (Wildman–Crippen MR) is 161 cm³/mol. The number of carbonyl (C=O) groups excluding carboxylic acids is 2. The number of carbonyl (C=O) groups is 2. The molecule has 0 aliphatic heterocycles. The minimum atomic E-state index is -4.17. The summed E-state index contributed by atoms with van der Waals surface area (Å²) in [6, 6.07) is 18.9. The average molecular weight is 605 g/mol. The molecule has 3 aromatic carbocycles. The fourth-order valence-corrected chi connectivity index (χ4v) is 5.97. The summed E-state index contributed by atoms with van der Waals surface area (Å²) in [5, 5.41) is 3.91. The number of amides is 2. The van der Waals surface area contributed by atoms with Gasteiger partial charge in [-0.3, -0.25) is 13.9 Å². The van der Waals surface area contributed by atoms with Gasteiger partial charge in [0.05, 0.1) is 10.6 Å².